The molecule has 1 atom stereocenters. The lowest BCUT2D eigenvalue weighted by molar-refractivity contribution is -0.143. The minimum Gasteiger partial charge on any atom is -0.481 e. The van der Waals surface area contributed by atoms with Crippen LogP contribution in [0.4, 0.5) is 0 Å². The molecule has 0 saturated carbocycles. The molecule has 0 bridgehead atoms. The topological polar surface area (TPSA) is 60.9 Å². The Morgan fingerprint density at radius 3 is 2.65 bits per heavy atom. The van der Waals surface area contributed by atoms with Crippen molar-refractivity contribution in [1.82, 2.24) is 9.80 Å². The predicted molar refractivity (Wildman–Crippen MR) is 64.7 cm³/mol. The molecule has 0 spiro atoms. The van der Waals surface area contributed by atoms with Gasteiger partial charge < -0.3 is 10.0 Å². The van der Waals surface area contributed by atoms with E-state index in [0.717, 1.165) is 19.6 Å². The number of nitrogens with zero attached hydrogens (tertiary/aromatic N) is 2. The van der Waals surface area contributed by atoms with Gasteiger partial charge in [0.15, 0.2) is 0 Å². The van der Waals surface area contributed by atoms with Crippen LogP contribution in [0.5, 0.6) is 0 Å². The minimum atomic E-state index is -0.841. The molecule has 1 amide bonds. The van der Waals surface area contributed by atoms with Gasteiger partial charge >= 0.3 is 5.97 Å². The number of aliphatic carboxylic acids is 1. The van der Waals surface area contributed by atoms with Crippen molar-refractivity contribution in [2.75, 3.05) is 26.7 Å². The third kappa shape index (κ3) is 4.00. The van der Waals surface area contributed by atoms with Crippen LogP contribution in [-0.4, -0.2) is 59.5 Å². The van der Waals surface area contributed by atoms with E-state index in [1.54, 1.807) is 0 Å². The van der Waals surface area contributed by atoms with Gasteiger partial charge in [-0.05, 0) is 19.4 Å². The highest BCUT2D eigenvalue weighted by Crippen LogP contribution is 2.15. The van der Waals surface area contributed by atoms with E-state index in [9.17, 15) is 9.59 Å². The van der Waals surface area contributed by atoms with E-state index >= 15 is 0 Å². The molecule has 0 aromatic rings. The molecule has 0 aromatic carbocycles. The third-order valence-corrected chi connectivity index (χ3v) is 3.07. The second-order valence-electron chi connectivity index (χ2n) is 5.11. The van der Waals surface area contributed by atoms with E-state index in [-0.39, 0.29) is 18.4 Å². The molecule has 1 aliphatic rings. The van der Waals surface area contributed by atoms with E-state index in [1.165, 1.54) is 0 Å². The van der Waals surface area contributed by atoms with Gasteiger partial charge in [0.1, 0.15) is 0 Å². The van der Waals surface area contributed by atoms with Crippen molar-refractivity contribution in [1.29, 1.82) is 0 Å². The van der Waals surface area contributed by atoms with Crippen LogP contribution in [0.3, 0.4) is 0 Å². The van der Waals surface area contributed by atoms with Crippen molar-refractivity contribution < 1.29 is 14.7 Å². The maximum Gasteiger partial charge on any atom is 0.303 e. The van der Waals surface area contributed by atoms with Crippen LogP contribution in [0.15, 0.2) is 0 Å². The number of carbonyl (C=O) groups is 2. The number of likely N-dealkylation sites (N-methyl/N-ethyl adjacent to an activating group) is 1. The zero-order chi connectivity index (χ0) is 13.0. The van der Waals surface area contributed by atoms with Crippen molar-refractivity contribution in [2.45, 2.75) is 32.7 Å². The summed E-state index contributed by atoms with van der Waals surface area (Å²) in [5, 5.41) is 8.68. The van der Waals surface area contributed by atoms with E-state index < -0.39 is 5.97 Å². The zero-order valence-electron chi connectivity index (χ0n) is 10.8. The van der Waals surface area contributed by atoms with Crippen LogP contribution in [0.1, 0.15) is 26.7 Å². The molecule has 1 N–H and O–H groups in total. The van der Waals surface area contributed by atoms with Gasteiger partial charge in [-0.2, -0.15) is 0 Å². The molecule has 0 radical (unpaired) electrons. The summed E-state index contributed by atoms with van der Waals surface area (Å²) in [4.78, 5) is 26.6. The number of carboxylic acids is 1. The molecule has 17 heavy (non-hydrogen) atoms. The van der Waals surface area contributed by atoms with Gasteiger partial charge in [0.25, 0.3) is 0 Å². The van der Waals surface area contributed by atoms with Crippen molar-refractivity contribution in [3.8, 4) is 0 Å². The van der Waals surface area contributed by atoms with Crippen molar-refractivity contribution in [3.05, 3.63) is 0 Å². The molecule has 1 fully saturated rings. The number of amides is 1. The fourth-order valence-electron chi connectivity index (χ4n) is 2.17. The maximum absolute atomic E-state index is 12.2. The molecule has 5 nitrogen and oxygen atoms in total. The average molecular weight is 242 g/mol. The fourth-order valence-corrected chi connectivity index (χ4v) is 2.17. The Bertz CT molecular complexity index is 291. The first-order valence-corrected chi connectivity index (χ1v) is 6.12. The van der Waals surface area contributed by atoms with Crippen LogP contribution in [0.2, 0.25) is 0 Å². The van der Waals surface area contributed by atoms with Crippen LogP contribution in [0.25, 0.3) is 0 Å². The summed E-state index contributed by atoms with van der Waals surface area (Å²) in [7, 11) is 1.89. The van der Waals surface area contributed by atoms with Crippen LogP contribution < -0.4 is 0 Å². The zero-order valence-corrected chi connectivity index (χ0v) is 10.8. The first-order valence-electron chi connectivity index (χ1n) is 6.12. The lowest BCUT2D eigenvalue weighted by Gasteiger charge is -2.39. The Morgan fingerprint density at radius 1 is 1.47 bits per heavy atom. The Morgan fingerprint density at radius 2 is 2.12 bits per heavy atom. The number of hydrogen-bond acceptors (Lipinski definition) is 3. The summed E-state index contributed by atoms with van der Waals surface area (Å²) in [6.45, 7) is 6.49. The van der Waals surface area contributed by atoms with Crippen LogP contribution in [-0.2, 0) is 9.59 Å². The minimum absolute atomic E-state index is 0.0519. The molecule has 1 heterocycles. The number of carboxylic acid groups (broad SMARTS) is 1. The normalized spacial score (nSPS) is 22.2. The summed E-state index contributed by atoms with van der Waals surface area (Å²) in [6.07, 6.45) is 0.454. The number of rotatable bonds is 5. The summed E-state index contributed by atoms with van der Waals surface area (Å²) in [5.41, 5.74) is 0. The summed E-state index contributed by atoms with van der Waals surface area (Å²) in [6, 6.07) is -0.265. The summed E-state index contributed by atoms with van der Waals surface area (Å²) in [5.74, 6) is -0.316. The van der Waals surface area contributed by atoms with Crippen molar-refractivity contribution in [3.63, 3.8) is 0 Å². The first kappa shape index (κ1) is 14.0. The summed E-state index contributed by atoms with van der Waals surface area (Å²) >= 11 is 0. The smallest absolute Gasteiger partial charge is 0.303 e. The van der Waals surface area contributed by atoms with E-state index in [1.807, 2.05) is 16.8 Å². The van der Waals surface area contributed by atoms with E-state index in [4.69, 9.17) is 5.11 Å². The molecule has 1 aliphatic heterocycles. The monoisotopic (exact) mass is 242 g/mol. The first-order chi connectivity index (χ1) is 7.91. The van der Waals surface area contributed by atoms with Crippen molar-refractivity contribution >= 4 is 11.9 Å². The van der Waals surface area contributed by atoms with Gasteiger partial charge in [-0.25, -0.2) is 0 Å². The van der Waals surface area contributed by atoms with Gasteiger partial charge in [-0.15, -0.1) is 0 Å². The number of piperazine rings is 1. The van der Waals surface area contributed by atoms with E-state index in [2.05, 4.69) is 13.8 Å². The Labute approximate surface area is 102 Å². The highest BCUT2D eigenvalue weighted by atomic mass is 16.4. The lowest BCUT2D eigenvalue weighted by Crippen LogP contribution is -2.56. The number of carbonyl (C=O) groups excluding carboxylic acids is 1. The molecule has 1 unspecified atom stereocenters. The van der Waals surface area contributed by atoms with Gasteiger partial charge in [-0.1, -0.05) is 13.8 Å². The van der Waals surface area contributed by atoms with Crippen LogP contribution >= 0.6 is 0 Å². The second-order valence-corrected chi connectivity index (χ2v) is 5.11. The van der Waals surface area contributed by atoms with Gasteiger partial charge in [0, 0.05) is 26.1 Å². The second kappa shape index (κ2) is 6.00. The number of hydrogen-bond donors (Lipinski definition) is 1. The van der Waals surface area contributed by atoms with Gasteiger partial charge in [-0.3, -0.25) is 14.5 Å². The fraction of sp³-hybridized carbons (Fsp3) is 0.833. The standard InChI is InChI=1S/C12H22N2O3/c1-9(2)8-14-7-6-13(3)10(12(14)17)4-5-11(15)16/h9-10H,4-8H2,1-3H3,(H,15,16). The predicted octanol–water partition coefficient (Wildman–Crippen LogP) is 0.650. The third-order valence-electron chi connectivity index (χ3n) is 3.07. The maximum atomic E-state index is 12.2. The molecular weight excluding hydrogens is 220 g/mol. The molecule has 1 saturated heterocycles. The Kier molecular flexibility index (Phi) is 4.93. The highest BCUT2D eigenvalue weighted by Gasteiger charge is 2.32. The van der Waals surface area contributed by atoms with Crippen LogP contribution in [0, 0.1) is 5.92 Å². The molecule has 98 valence electrons. The average Bonchev–Trinajstić information content (AvgIpc) is 2.21. The van der Waals surface area contributed by atoms with Crippen molar-refractivity contribution in [2.24, 2.45) is 5.92 Å². The quantitative estimate of drug-likeness (QED) is 0.769. The van der Waals surface area contributed by atoms with Gasteiger partial charge in [0.2, 0.25) is 5.91 Å². The molecule has 0 aromatic heterocycles. The summed E-state index contributed by atoms with van der Waals surface area (Å²) < 4.78 is 0. The SMILES string of the molecule is CC(C)CN1CCN(C)C(CCC(=O)O)C1=O. The highest BCUT2D eigenvalue weighted by molar-refractivity contribution is 5.83. The Hall–Kier alpha value is -1.10. The molecule has 1 rings (SSSR count). The Balaban J connectivity index is 2.59. The molecular formula is C12H22N2O3. The largest absolute Gasteiger partial charge is 0.481 e. The molecule has 0 aliphatic carbocycles. The van der Waals surface area contributed by atoms with Gasteiger partial charge in [0.05, 0.1) is 6.04 Å². The molecule has 5 heteroatoms. The van der Waals surface area contributed by atoms with E-state index in [0.29, 0.717) is 12.3 Å². The lowest BCUT2D eigenvalue weighted by atomic mass is 10.0.